The van der Waals surface area contributed by atoms with Crippen LogP contribution in [0.25, 0.3) is 0 Å². The van der Waals surface area contributed by atoms with E-state index in [9.17, 15) is 0 Å². The molecule has 0 saturated carbocycles. The zero-order chi connectivity index (χ0) is 10.3. The second kappa shape index (κ2) is 3.63. The van der Waals surface area contributed by atoms with E-state index in [1.807, 2.05) is 11.8 Å². The van der Waals surface area contributed by atoms with Crippen LogP contribution >= 0.6 is 27.7 Å². The monoisotopic (exact) mass is 281 g/mol. The highest BCUT2D eigenvalue weighted by Crippen LogP contribution is 2.48. The lowest BCUT2D eigenvalue weighted by Gasteiger charge is -2.34. The molecule has 1 aromatic carbocycles. The van der Waals surface area contributed by atoms with Gasteiger partial charge in [-0.2, -0.15) is 0 Å². The molecule has 0 bridgehead atoms. The Labute approximate surface area is 102 Å². The summed E-state index contributed by atoms with van der Waals surface area (Å²) in [4.78, 5) is 4.56. The first-order valence-corrected chi connectivity index (χ1v) is 7.17. The van der Waals surface area contributed by atoms with Gasteiger partial charge in [-0.15, -0.1) is 11.8 Å². The van der Waals surface area contributed by atoms with Crippen LogP contribution in [0.4, 0.5) is 5.69 Å². The van der Waals surface area contributed by atoms with Crippen molar-refractivity contribution in [2.24, 2.45) is 4.99 Å². The highest BCUT2D eigenvalue weighted by Gasteiger charge is 2.40. The van der Waals surface area contributed by atoms with E-state index in [1.54, 1.807) is 0 Å². The molecule has 1 nitrogen and oxygen atoms in total. The first kappa shape index (κ1) is 9.91. The quantitative estimate of drug-likeness (QED) is 0.658. The Morgan fingerprint density at radius 2 is 2.27 bits per heavy atom. The van der Waals surface area contributed by atoms with Crippen LogP contribution in [0.3, 0.4) is 0 Å². The highest BCUT2D eigenvalue weighted by atomic mass is 79.9. The largest absolute Gasteiger partial charge is 0.260 e. The van der Waals surface area contributed by atoms with Crippen molar-refractivity contribution in [1.82, 2.24) is 0 Å². The number of nitrogens with zero attached hydrogens (tertiary/aromatic N) is 1. The number of halogens is 1. The molecule has 2 aliphatic heterocycles. The molecule has 78 valence electrons. The summed E-state index contributed by atoms with van der Waals surface area (Å²) in [6.07, 6.45) is 4.56. The van der Waals surface area contributed by atoms with Gasteiger partial charge in [0.1, 0.15) is 0 Å². The van der Waals surface area contributed by atoms with E-state index in [0.717, 1.165) is 6.42 Å². The van der Waals surface area contributed by atoms with E-state index >= 15 is 0 Å². The summed E-state index contributed by atoms with van der Waals surface area (Å²) >= 11 is 5.73. The third-order valence-corrected chi connectivity index (χ3v) is 5.35. The number of hydrogen-bond donors (Lipinski definition) is 0. The van der Waals surface area contributed by atoms with Crippen molar-refractivity contribution in [2.75, 3.05) is 5.75 Å². The van der Waals surface area contributed by atoms with Crippen LogP contribution in [0.1, 0.15) is 18.4 Å². The van der Waals surface area contributed by atoms with Gasteiger partial charge in [0, 0.05) is 11.6 Å². The van der Waals surface area contributed by atoms with Gasteiger partial charge in [-0.3, -0.25) is 4.99 Å². The van der Waals surface area contributed by atoms with Crippen LogP contribution in [0.15, 0.2) is 29.3 Å². The van der Waals surface area contributed by atoms with Crippen LogP contribution < -0.4 is 0 Å². The normalized spacial score (nSPS) is 33.3. The summed E-state index contributed by atoms with van der Waals surface area (Å²) in [6.45, 7) is 0. The molecule has 0 aromatic heterocycles. The molecule has 1 fully saturated rings. The fourth-order valence-corrected chi connectivity index (χ4v) is 4.74. The summed E-state index contributed by atoms with van der Waals surface area (Å²) in [5.41, 5.74) is 2.81. The average molecular weight is 282 g/mol. The minimum absolute atomic E-state index is 0.218. The molecular formula is C12H12BrNS. The molecule has 1 saturated heterocycles. The molecule has 15 heavy (non-hydrogen) atoms. The Kier molecular flexibility index (Phi) is 2.40. The van der Waals surface area contributed by atoms with Crippen molar-refractivity contribution in [3.8, 4) is 0 Å². The van der Waals surface area contributed by atoms with Crippen molar-refractivity contribution in [1.29, 1.82) is 0 Å². The van der Waals surface area contributed by atoms with Crippen molar-refractivity contribution < 1.29 is 0 Å². The van der Waals surface area contributed by atoms with E-state index in [4.69, 9.17) is 0 Å². The third kappa shape index (κ3) is 1.56. The van der Waals surface area contributed by atoms with Crippen LogP contribution in [0, 0.1) is 0 Å². The molecule has 2 unspecified atom stereocenters. The molecular weight excluding hydrogens is 270 g/mol. The second-order valence-corrected chi connectivity index (χ2v) is 7.19. The zero-order valence-electron chi connectivity index (χ0n) is 8.32. The van der Waals surface area contributed by atoms with Crippen LogP contribution in [-0.2, 0) is 5.41 Å². The predicted octanol–water partition coefficient (Wildman–Crippen LogP) is 3.89. The Balaban J connectivity index is 2.04. The molecule has 2 atom stereocenters. The topological polar surface area (TPSA) is 12.4 Å². The van der Waals surface area contributed by atoms with E-state index in [1.165, 1.54) is 23.4 Å². The van der Waals surface area contributed by atoms with Crippen molar-refractivity contribution >= 4 is 39.6 Å². The summed E-state index contributed by atoms with van der Waals surface area (Å²) in [7, 11) is 0. The number of rotatable bonds is 0. The number of alkyl halides is 1. The van der Waals surface area contributed by atoms with Crippen molar-refractivity contribution in [2.45, 2.75) is 22.4 Å². The smallest absolute Gasteiger partial charge is 0.0667 e. The molecule has 0 aliphatic carbocycles. The predicted molar refractivity (Wildman–Crippen MR) is 70.7 cm³/mol. The zero-order valence-corrected chi connectivity index (χ0v) is 10.7. The summed E-state index contributed by atoms with van der Waals surface area (Å²) < 4.78 is 0.573. The van der Waals surface area contributed by atoms with E-state index in [0.29, 0.717) is 4.16 Å². The number of fused-ring (bicyclic) bond motifs is 2. The number of para-hydroxylation sites is 1. The second-order valence-electron chi connectivity index (χ2n) is 4.17. The SMILES string of the molecule is BrC1CC2(C=Nc3ccccc32)CCS1. The number of thioether (sulfide) groups is 1. The third-order valence-electron chi connectivity index (χ3n) is 3.26. The van der Waals surface area contributed by atoms with Gasteiger partial charge in [0.05, 0.1) is 9.85 Å². The Hall–Kier alpha value is -0.280. The maximum absolute atomic E-state index is 4.56. The molecule has 3 heteroatoms. The van der Waals surface area contributed by atoms with E-state index in [-0.39, 0.29) is 5.41 Å². The molecule has 2 heterocycles. The highest BCUT2D eigenvalue weighted by molar-refractivity contribution is 9.11. The van der Waals surface area contributed by atoms with E-state index in [2.05, 4.69) is 51.4 Å². The Bertz CT molecular complexity index is 418. The van der Waals surface area contributed by atoms with Crippen molar-refractivity contribution in [3.05, 3.63) is 29.8 Å². The summed E-state index contributed by atoms with van der Waals surface area (Å²) in [5, 5.41) is 0. The van der Waals surface area contributed by atoms with Crippen molar-refractivity contribution in [3.63, 3.8) is 0 Å². The van der Waals surface area contributed by atoms with Gasteiger partial charge in [-0.1, -0.05) is 34.1 Å². The number of hydrogen-bond acceptors (Lipinski definition) is 2. The van der Waals surface area contributed by atoms with E-state index < -0.39 is 0 Å². The average Bonchev–Trinajstić information content (AvgIpc) is 2.59. The summed E-state index contributed by atoms with van der Waals surface area (Å²) in [6, 6.07) is 8.54. The van der Waals surface area contributed by atoms with Gasteiger partial charge in [-0.05, 0) is 30.2 Å². The summed E-state index contributed by atoms with van der Waals surface area (Å²) in [5.74, 6) is 1.22. The molecule has 0 N–H and O–H groups in total. The fourth-order valence-electron chi connectivity index (χ4n) is 2.45. The Morgan fingerprint density at radius 3 is 3.13 bits per heavy atom. The fraction of sp³-hybridized carbons (Fsp3) is 0.417. The lowest BCUT2D eigenvalue weighted by atomic mass is 9.77. The van der Waals surface area contributed by atoms with Gasteiger partial charge >= 0.3 is 0 Å². The van der Waals surface area contributed by atoms with Gasteiger partial charge in [0.2, 0.25) is 0 Å². The first-order valence-electron chi connectivity index (χ1n) is 5.21. The van der Waals surface area contributed by atoms with Crippen LogP contribution in [0.5, 0.6) is 0 Å². The molecule has 0 radical (unpaired) electrons. The van der Waals surface area contributed by atoms with Crippen LogP contribution in [-0.4, -0.2) is 16.1 Å². The van der Waals surface area contributed by atoms with Gasteiger partial charge in [0.25, 0.3) is 0 Å². The number of aliphatic imine (C=N–C) groups is 1. The van der Waals surface area contributed by atoms with Gasteiger partial charge in [-0.25, -0.2) is 0 Å². The Morgan fingerprint density at radius 1 is 1.40 bits per heavy atom. The standard InChI is InChI=1S/C12H12BrNS/c13-11-7-12(5-6-15-11)8-14-10-4-2-1-3-9(10)12/h1-4,8,11H,5-7H2. The first-order chi connectivity index (χ1) is 7.30. The molecule has 1 aromatic rings. The minimum Gasteiger partial charge on any atom is -0.260 e. The molecule has 2 aliphatic rings. The van der Waals surface area contributed by atoms with Crippen LogP contribution in [0.2, 0.25) is 0 Å². The maximum Gasteiger partial charge on any atom is 0.0667 e. The molecule has 1 spiro atoms. The maximum atomic E-state index is 4.56. The van der Waals surface area contributed by atoms with Gasteiger partial charge < -0.3 is 0 Å². The minimum atomic E-state index is 0.218. The molecule has 0 amide bonds. The lowest BCUT2D eigenvalue weighted by Crippen LogP contribution is -2.32. The van der Waals surface area contributed by atoms with Gasteiger partial charge in [0.15, 0.2) is 0 Å². The molecule has 3 rings (SSSR count). The number of benzene rings is 1. The lowest BCUT2D eigenvalue weighted by molar-refractivity contribution is 0.543.